The average Bonchev–Trinajstić information content (AvgIpc) is 2.29. The van der Waals surface area contributed by atoms with E-state index in [1.165, 1.54) is 0 Å². The lowest BCUT2D eigenvalue weighted by Gasteiger charge is -2.15. The highest BCUT2D eigenvalue weighted by Gasteiger charge is 2.05. The lowest BCUT2D eigenvalue weighted by Crippen LogP contribution is -2.17. The van der Waals surface area contributed by atoms with E-state index < -0.39 is 0 Å². The molecule has 1 aromatic rings. The van der Waals surface area contributed by atoms with Crippen LogP contribution in [0, 0.1) is 0 Å². The van der Waals surface area contributed by atoms with Crippen LogP contribution in [0.4, 0.5) is 5.69 Å². The van der Waals surface area contributed by atoms with Crippen LogP contribution in [0.2, 0.25) is 5.02 Å². The van der Waals surface area contributed by atoms with Crippen LogP contribution < -0.4 is 10.1 Å². The van der Waals surface area contributed by atoms with E-state index in [2.05, 4.69) is 12.2 Å². The van der Waals surface area contributed by atoms with E-state index in [-0.39, 0.29) is 0 Å². The van der Waals surface area contributed by atoms with Crippen molar-refractivity contribution in [3.05, 3.63) is 23.2 Å². The van der Waals surface area contributed by atoms with Gasteiger partial charge in [0.25, 0.3) is 0 Å². The number of benzene rings is 1. The van der Waals surface area contributed by atoms with Gasteiger partial charge in [0.2, 0.25) is 0 Å². The topological polar surface area (TPSA) is 30.5 Å². The summed E-state index contributed by atoms with van der Waals surface area (Å²) < 4.78 is 10.2. The summed E-state index contributed by atoms with van der Waals surface area (Å²) in [5, 5.41) is 3.98. The van der Waals surface area contributed by atoms with Crippen LogP contribution in [0.5, 0.6) is 5.75 Å². The van der Waals surface area contributed by atoms with Gasteiger partial charge in [-0.05, 0) is 25.5 Å². The molecule has 0 radical (unpaired) electrons. The highest BCUT2D eigenvalue weighted by molar-refractivity contribution is 6.32. The number of rotatable bonds is 6. The molecule has 0 aliphatic rings. The molecular formula is C12H18ClNO2. The lowest BCUT2D eigenvalue weighted by molar-refractivity contribution is 0.191. The molecule has 0 bridgehead atoms. The number of anilines is 1. The summed E-state index contributed by atoms with van der Waals surface area (Å²) in [4.78, 5) is 0. The van der Waals surface area contributed by atoms with Crippen molar-refractivity contribution in [1.82, 2.24) is 0 Å². The minimum absolute atomic E-state index is 0.353. The molecule has 0 saturated heterocycles. The van der Waals surface area contributed by atoms with Crippen molar-refractivity contribution in [1.29, 1.82) is 0 Å². The number of ether oxygens (including phenoxy) is 2. The first-order valence-corrected chi connectivity index (χ1v) is 5.64. The number of hydrogen-bond acceptors (Lipinski definition) is 3. The minimum Gasteiger partial charge on any atom is -0.495 e. The zero-order chi connectivity index (χ0) is 12.0. The Morgan fingerprint density at radius 1 is 1.38 bits per heavy atom. The summed E-state index contributed by atoms with van der Waals surface area (Å²) in [6.07, 6.45) is 0.960. The van der Waals surface area contributed by atoms with Gasteiger partial charge in [-0.2, -0.15) is 0 Å². The molecule has 1 unspecified atom stereocenters. The van der Waals surface area contributed by atoms with Crippen molar-refractivity contribution in [3.63, 3.8) is 0 Å². The standard InChI is InChI=1S/C12H18ClNO2/c1-9(6-7-15-2)14-10-4-5-11(13)12(8-10)16-3/h4-5,8-9,14H,6-7H2,1-3H3. The fraction of sp³-hybridized carbons (Fsp3) is 0.500. The monoisotopic (exact) mass is 243 g/mol. The Kier molecular flexibility index (Phi) is 5.43. The van der Waals surface area contributed by atoms with Crippen molar-refractivity contribution < 1.29 is 9.47 Å². The van der Waals surface area contributed by atoms with E-state index in [0.29, 0.717) is 16.8 Å². The van der Waals surface area contributed by atoms with Gasteiger partial charge in [-0.15, -0.1) is 0 Å². The summed E-state index contributed by atoms with van der Waals surface area (Å²) >= 11 is 5.94. The van der Waals surface area contributed by atoms with Crippen LogP contribution in [-0.4, -0.2) is 26.9 Å². The molecule has 1 rings (SSSR count). The quantitative estimate of drug-likeness (QED) is 0.833. The van der Waals surface area contributed by atoms with Crippen molar-refractivity contribution >= 4 is 17.3 Å². The third-order valence-electron chi connectivity index (χ3n) is 2.32. The molecule has 0 saturated carbocycles. The van der Waals surface area contributed by atoms with E-state index in [4.69, 9.17) is 21.1 Å². The summed E-state index contributed by atoms with van der Waals surface area (Å²) in [5.74, 6) is 0.686. The van der Waals surface area contributed by atoms with Crippen molar-refractivity contribution in [2.75, 3.05) is 26.1 Å². The van der Waals surface area contributed by atoms with Gasteiger partial charge in [0.15, 0.2) is 0 Å². The van der Waals surface area contributed by atoms with Gasteiger partial charge in [-0.1, -0.05) is 11.6 Å². The van der Waals surface area contributed by atoms with Crippen LogP contribution in [-0.2, 0) is 4.74 Å². The Labute approximate surface area is 102 Å². The predicted molar refractivity (Wildman–Crippen MR) is 67.6 cm³/mol. The first-order valence-electron chi connectivity index (χ1n) is 5.26. The maximum atomic E-state index is 5.94. The van der Waals surface area contributed by atoms with Crippen LogP contribution in [0.3, 0.4) is 0 Å². The largest absolute Gasteiger partial charge is 0.495 e. The van der Waals surface area contributed by atoms with E-state index in [0.717, 1.165) is 18.7 Å². The zero-order valence-corrected chi connectivity index (χ0v) is 10.7. The Balaban J connectivity index is 2.59. The summed E-state index contributed by atoms with van der Waals surface area (Å²) in [5.41, 5.74) is 1.00. The zero-order valence-electron chi connectivity index (χ0n) is 9.92. The molecule has 0 fully saturated rings. The number of nitrogens with one attached hydrogen (secondary N) is 1. The van der Waals surface area contributed by atoms with E-state index in [1.54, 1.807) is 14.2 Å². The summed E-state index contributed by atoms with van der Waals surface area (Å²) in [7, 11) is 3.32. The minimum atomic E-state index is 0.353. The summed E-state index contributed by atoms with van der Waals surface area (Å²) in [6, 6.07) is 6.01. The Morgan fingerprint density at radius 2 is 2.12 bits per heavy atom. The molecule has 0 aromatic heterocycles. The first-order chi connectivity index (χ1) is 7.67. The van der Waals surface area contributed by atoms with E-state index in [1.807, 2.05) is 18.2 Å². The Morgan fingerprint density at radius 3 is 2.75 bits per heavy atom. The molecule has 4 heteroatoms. The maximum absolute atomic E-state index is 5.94. The van der Waals surface area contributed by atoms with Gasteiger partial charge in [-0.3, -0.25) is 0 Å². The van der Waals surface area contributed by atoms with E-state index >= 15 is 0 Å². The normalized spacial score (nSPS) is 12.2. The van der Waals surface area contributed by atoms with Crippen LogP contribution >= 0.6 is 11.6 Å². The molecule has 90 valence electrons. The van der Waals surface area contributed by atoms with Crippen molar-refractivity contribution in [2.45, 2.75) is 19.4 Å². The van der Waals surface area contributed by atoms with E-state index in [9.17, 15) is 0 Å². The fourth-order valence-corrected chi connectivity index (χ4v) is 1.60. The maximum Gasteiger partial charge on any atom is 0.139 e. The second-order valence-corrected chi connectivity index (χ2v) is 4.08. The smallest absolute Gasteiger partial charge is 0.139 e. The molecule has 1 aromatic carbocycles. The molecular weight excluding hydrogens is 226 g/mol. The second-order valence-electron chi connectivity index (χ2n) is 3.68. The third kappa shape index (κ3) is 3.91. The fourth-order valence-electron chi connectivity index (χ4n) is 1.40. The molecule has 0 amide bonds. The highest BCUT2D eigenvalue weighted by Crippen LogP contribution is 2.27. The average molecular weight is 244 g/mol. The highest BCUT2D eigenvalue weighted by atomic mass is 35.5. The van der Waals surface area contributed by atoms with Gasteiger partial charge in [-0.25, -0.2) is 0 Å². The van der Waals surface area contributed by atoms with Gasteiger partial charge in [0.1, 0.15) is 5.75 Å². The first kappa shape index (κ1) is 13.1. The molecule has 3 nitrogen and oxygen atoms in total. The molecule has 16 heavy (non-hydrogen) atoms. The lowest BCUT2D eigenvalue weighted by atomic mass is 10.2. The molecule has 0 aliphatic heterocycles. The SMILES string of the molecule is COCCC(C)Nc1ccc(Cl)c(OC)c1. The van der Waals surface area contributed by atoms with Crippen molar-refractivity contribution in [3.8, 4) is 5.75 Å². The van der Waals surface area contributed by atoms with Crippen molar-refractivity contribution in [2.24, 2.45) is 0 Å². The molecule has 1 N–H and O–H groups in total. The van der Waals surface area contributed by atoms with Gasteiger partial charge in [0.05, 0.1) is 12.1 Å². The van der Waals surface area contributed by atoms with Crippen LogP contribution in [0.25, 0.3) is 0 Å². The number of methoxy groups -OCH3 is 2. The van der Waals surface area contributed by atoms with Crippen LogP contribution in [0.15, 0.2) is 18.2 Å². The Hall–Kier alpha value is -0.930. The third-order valence-corrected chi connectivity index (χ3v) is 2.63. The summed E-state index contributed by atoms with van der Waals surface area (Å²) in [6.45, 7) is 2.86. The molecule has 0 spiro atoms. The molecule has 0 aliphatic carbocycles. The number of hydrogen-bond donors (Lipinski definition) is 1. The second kappa shape index (κ2) is 6.61. The molecule has 0 heterocycles. The van der Waals surface area contributed by atoms with Gasteiger partial charge in [0, 0.05) is 31.5 Å². The van der Waals surface area contributed by atoms with Gasteiger partial charge < -0.3 is 14.8 Å². The number of halogens is 1. The molecule has 1 atom stereocenters. The van der Waals surface area contributed by atoms with Gasteiger partial charge >= 0.3 is 0 Å². The van der Waals surface area contributed by atoms with Crippen LogP contribution in [0.1, 0.15) is 13.3 Å². The Bertz CT molecular complexity index is 331. The predicted octanol–water partition coefficient (Wildman–Crippen LogP) is 3.19.